The second-order valence-corrected chi connectivity index (χ2v) is 4.39. The highest BCUT2D eigenvalue weighted by Gasteiger charge is 2.05. The van der Waals surface area contributed by atoms with E-state index in [1.165, 1.54) is 0 Å². The van der Waals surface area contributed by atoms with Crippen LogP contribution in [0.5, 0.6) is 5.75 Å². The lowest BCUT2D eigenvalue weighted by molar-refractivity contribution is -0.128. The van der Waals surface area contributed by atoms with Gasteiger partial charge in [0.05, 0.1) is 6.61 Å². The number of benzene rings is 1. The summed E-state index contributed by atoms with van der Waals surface area (Å²) in [5.74, 6) is 1.01. The molecule has 0 saturated carbocycles. The highest BCUT2D eigenvalue weighted by Crippen LogP contribution is 2.18. The van der Waals surface area contributed by atoms with Gasteiger partial charge in [-0.3, -0.25) is 4.79 Å². The average molecular weight is 250 g/mol. The SMILES string of the molecule is CN(C)C(=O)CCCOc1ccccc1CCN. The number of para-hydroxylation sites is 1. The molecule has 0 heterocycles. The summed E-state index contributed by atoms with van der Waals surface area (Å²) >= 11 is 0. The summed E-state index contributed by atoms with van der Waals surface area (Å²) in [5.41, 5.74) is 6.68. The quantitative estimate of drug-likeness (QED) is 0.745. The van der Waals surface area contributed by atoms with E-state index in [4.69, 9.17) is 10.5 Å². The molecule has 100 valence electrons. The zero-order chi connectivity index (χ0) is 13.4. The number of rotatable bonds is 7. The summed E-state index contributed by atoms with van der Waals surface area (Å²) in [6.07, 6.45) is 2.06. The molecule has 4 nitrogen and oxygen atoms in total. The number of hydrogen-bond donors (Lipinski definition) is 1. The highest BCUT2D eigenvalue weighted by atomic mass is 16.5. The Bertz CT molecular complexity index is 378. The fourth-order valence-corrected chi connectivity index (χ4v) is 1.64. The molecule has 0 aliphatic heterocycles. The first-order valence-electron chi connectivity index (χ1n) is 6.26. The molecule has 1 amide bonds. The number of nitrogens with two attached hydrogens (primary N) is 1. The second-order valence-electron chi connectivity index (χ2n) is 4.39. The molecular weight excluding hydrogens is 228 g/mol. The van der Waals surface area contributed by atoms with Gasteiger partial charge in [0.1, 0.15) is 5.75 Å². The van der Waals surface area contributed by atoms with Gasteiger partial charge in [0.25, 0.3) is 0 Å². The van der Waals surface area contributed by atoms with Gasteiger partial charge in [-0.25, -0.2) is 0 Å². The lowest BCUT2D eigenvalue weighted by Gasteiger charge is -2.12. The molecule has 0 fully saturated rings. The van der Waals surface area contributed by atoms with E-state index in [9.17, 15) is 4.79 Å². The average Bonchev–Trinajstić information content (AvgIpc) is 2.36. The van der Waals surface area contributed by atoms with Crippen molar-refractivity contribution >= 4 is 5.91 Å². The fourth-order valence-electron chi connectivity index (χ4n) is 1.64. The summed E-state index contributed by atoms with van der Waals surface area (Å²) in [7, 11) is 3.53. The molecule has 0 aliphatic carbocycles. The Balaban J connectivity index is 2.37. The largest absolute Gasteiger partial charge is 0.493 e. The molecule has 0 saturated heterocycles. The Morgan fingerprint density at radius 1 is 1.33 bits per heavy atom. The van der Waals surface area contributed by atoms with Gasteiger partial charge in [-0.15, -0.1) is 0 Å². The van der Waals surface area contributed by atoms with Crippen LogP contribution in [0.2, 0.25) is 0 Å². The van der Waals surface area contributed by atoms with E-state index in [1.54, 1.807) is 19.0 Å². The highest BCUT2D eigenvalue weighted by molar-refractivity contribution is 5.75. The van der Waals surface area contributed by atoms with Gasteiger partial charge in [0.15, 0.2) is 0 Å². The number of ether oxygens (including phenoxy) is 1. The molecular formula is C14H22N2O2. The van der Waals surface area contributed by atoms with Crippen molar-refractivity contribution in [3.05, 3.63) is 29.8 Å². The van der Waals surface area contributed by atoms with Gasteiger partial charge in [-0.1, -0.05) is 18.2 Å². The van der Waals surface area contributed by atoms with E-state index >= 15 is 0 Å². The van der Waals surface area contributed by atoms with Crippen LogP contribution in [0, 0.1) is 0 Å². The van der Waals surface area contributed by atoms with E-state index in [-0.39, 0.29) is 5.91 Å². The van der Waals surface area contributed by atoms with Gasteiger partial charge in [-0.2, -0.15) is 0 Å². The Morgan fingerprint density at radius 2 is 2.06 bits per heavy atom. The van der Waals surface area contributed by atoms with Crippen LogP contribution in [-0.4, -0.2) is 38.1 Å². The van der Waals surface area contributed by atoms with Crippen LogP contribution in [0.3, 0.4) is 0 Å². The van der Waals surface area contributed by atoms with Crippen molar-refractivity contribution in [3.8, 4) is 5.75 Å². The lowest BCUT2D eigenvalue weighted by Crippen LogP contribution is -2.21. The Labute approximate surface area is 109 Å². The number of carbonyl (C=O) groups is 1. The lowest BCUT2D eigenvalue weighted by atomic mass is 10.1. The standard InChI is InChI=1S/C14H22N2O2/c1-16(2)14(17)8-5-11-18-13-7-4-3-6-12(13)9-10-15/h3-4,6-7H,5,8-11,15H2,1-2H3. The molecule has 0 atom stereocenters. The molecule has 0 aliphatic rings. The molecule has 2 N–H and O–H groups in total. The number of nitrogens with zero attached hydrogens (tertiary/aromatic N) is 1. The summed E-state index contributed by atoms with van der Waals surface area (Å²) < 4.78 is 5.69. The minimum absolute atomic E-state index is 0.133. The van der Waals surface area contributed by atoms with Crippen LogP contribution in [0.1, 0.15) is 18.4 Å². The van der Waals surface area contributed by atoms with Crippen molar-refractivity contribution in [2.24, 2.45) is 5.73 Å². The maximum atomic E-state index is 11.4. The molecule has 0 unspecified atom stereocenters. The molecule has 0 spiro atoms. The minimum Gasteiger partial charge on any atom is -0.493 e. The predicted octanol–water partition coefficient (Wildman–Crippen LogP) is 1.44. The summed E-state index contributed by atoms with van der Waals surface area (Å²) in [5, 5.41) is 0. The number of amides is 1. The molecule has 4 heteroatoms. The monoisotopic (exact) mass is 250 g/mol. The third-order valence-corrected chi connectivity index (χ3v) is 2.68. The van der Waals surface area contributed by atoms with Crippen LogP contribution in [0.15, 0.2) is 24.3 Å². The zero-order valence-electron chi connectivity index (χ0n) is 11.2. The molecule has 1 aromatic rings. The van der Waals surface area contributed by atoms with Crippen LogP contribution in [0.25, 0.3) is 0 Å². The second kappa shape index (κ2) is 7.71. The van der Waals surface area contributed by atoms with Crippen molar-refractivity contribution in [2.45, 2.75) is 19.3 Å². The van der Waals surface area contributed by atoms with Crippen molar-refractivity contribution < 1.29 is 9.53 Å². The van der Waals surface area contributed by atoms with Gasteiger partial charge in [0, 0.05) is 20.5 Å². The van der Waals surface area contributed by atoms with Crippen LogP contribution in [0.4, 0.5) is 0 Å². The van der Waals surface area contributed by atoms with Gasteiger partial charge in [0.2, 0.25) is 5.91 Å². The Kier molecular flexibility index (Phi) is 6.22. The maximum absolute atomic E-state index is 11.4. The third kappa shape index (κ3) is 4.75. The van der Waals surface area contributed by atoms with E-state index in [0.717, 1.165) is 24.2 Å². The molecule has 0 aromatic heterocycles. The summed E-state index contributed by atoms with van der Waals surface area (Å²) in [4.78, 5) is 13.0. The zero-order valence-corrected chi connectivity index (χ0v) is 11.2. The number of carbonyl (C=O) groups excluding carboxylic acids is 1. The topological polar surface area (TPSA) is 55.6 Å². The van der Waals surface area contributed by atoms with Gasteiger partial charge < -0.3 is 15.4 Å². The smallest absolute Gasteiger partial charge is 0.222 e. The Hall–Kier alpha value is -1.55. The molecule has 0 radical (unpaired) electrons. The molecule has 1 aromatic carbocycles. The van der Waals surface area contributed by atoms with E-state index in [1.807, 2.05) is 24.3 Å². The first-order chi connectivity index (χ1) is 8.65. The normalized spacial score (nSPS) is 10.2. The van der Waals surface area contributed by atoms with E-state index < -0.39 is 0 Å². The fraction of sp³-hybridized carbons (Fsp3) is 0.500. The van der Waals surface area contributed by atoms with E-state index in [0.29, 0.717) is 19.6 Å². The van der Waals surface area contributed by atoms with Gasteiger partial charge in [-0.05, 0) is 31.0 Å². The Morgan fingerprint density at radius 3 is 2.72 bits per heavy atom. The summed E-state index contributed by atoms with van der Waals surface area (Å²) in [6, 6.07) is 7.89. The number of hydrogen-bond acceptors (Lipinski definition) is 3. The van der Waals surface area contributed by atoms with Gasteiger partial charge >= 0.3 is 0 Å². The van der Waals surface area contributed by atoms with Crippen molar-refractivity contribution in [1.82, 2.24) is 4.90 Å². The minimum atomic E-state index is 0.133. The molecule has 18 heavy (non-hydrogen) atoms. The maximum Gasteiger partial charge on any atom is 0.222 e. The van der Waals surface area contributed by atoms with Crippen molar-refractivity contribution in [1.29, 1.82) is 0 Å². The van der Waals surface area contributed by atoms with Crippen molar-refractivity contribution in [2.75, 3.05) is 27.2 Å². The van der Waals surface area contributed by atoms with E-state index in [2.05, 4.69) is 0 Å². The van der Waals surface area contributed by atoms with Crippen LogP contribution < -0.4 is 10.5 Å². The third-order valence-electron chi connectivity index (χ3n) is 2.68. The van der Waals surface area contributed by atoms with Crippen LogP contribution in [-0.2, 0) is 11.2 Å². The molecule has 1 rings (SSSR count). The van der Waals surface area contributed by atoms with Crippen molar-refractivity contribution in [3.63, 3.8) is 0 Å². The molecule has 0 bridgehead atoms. The first kappa shape index (κ1) is 14.5. The van der Waals surface area contributed by atoms with Crippen LogP contribution >= 0.6 is 0 Å². The summed E-state index contributed by atoms with van der Waals surface area (Å²) in [6.45, 7) is 1.17. The first-order valence-corrected chi connectivity index (χ1v) is 6.26. The predicted molar refractivity (Wildman–Crippen MR) is 72.6 cm³/mol.